The number of likely N-dealkylation sites (tertiary alicyclic amines) is 1. The van der Waals surface area contributed by atoms with Gasteiger partial charge in [-0.05, 0) is 47.4 Å². The van der Waals surface area contributed by atoms with Gasteiger partial charge in [0, 0.05) is 24.9 Å². The van der Waals surface area contributed by atoms with E-state index in [0.29, 0.717) is 25.9 Å². The largest absolute Gasteiger partial charge is 0.480 e. The first kappa shape index (κ1) is 20.5. The highest BCUT2D eigenvalue weighted by Crippen LogP contribution is 2.44. The molecule has 0 spiro atoms. The van der Waals surface area contributed by atoms with Crippen molar-refractivity contribution in [2.45, 2.75) is 31.2 Å². The lowest BCUT2D eigenvalue weighted by Gasteiger charge is -2.21. The van der Waals surface area contributed by atoms with Crippen molar-refractivity contribution in [2.24, 2.45) is 11.8 Å². The summed E-state index contributed by atoms with van der Waals surface area (Å²) < 4.78 is 5.54. The first-order valence-electron chi connectivity index (χ1n) is 11.2. The van der Waals surface area contributed by atoms with Crippen LogP contribution in [0.2, 0.25) is 0 Å². The van der Waals surface area contributed by atoms with E-state index in [0.717, 1.165) is 17.5 Å². The molecule has 3 aliphatic rings. The van der Waals surface area contributed by atoms with E-state index in [-0.39, 0.29) is 30.3 Å². The number of fused-ring (bicyclic) bond motifs is 3. The van der Waals surface area contributed by atoms with Crippen LogP contribution < -0.4 is 5.32 Å². The summed E-state index contributed by atoms with van der Waals surface area (Å²) in [6, 6.07) is 15.6. The van der Waals surface area contributed by atoms with Gasteiger partial charge in [-0.15, -0.1) is 0 Å². The molecule has 0 radical (unpaired) electrons. The number of hydrogen-bond donors (Lipinski definition) is 2. The minimum absolute atomic E-state index is 0.00604. The smallest absolute Gasteiger partial charge is 0.407 e. The van der Waals surface area contributed by atoms with Crippen LogP contribution in [0.4, 0.5) is 4.79 Å². The Bertz CT molecular complexity index is 1020. The molecule has 5 rings (SSSR count). The van der Waals surface area contributed by atoms with E-state index in [4.69, 9.17) is 4.74 Å². The third kappa shape index (κ3) is 3.72. The lowest BCUT2D eigenvalue weighted by molar-refractivity contribution is -0.148. The average Bonchev–Trinajstić information content (AvgIpc) is 3.27. The molecule has 1 heterocycles. The Hall–Kier alpha value is -3.35. The van der Waals surface area contributed by atoms with Crippen LogP contribution >= 0.6 is 0 Å². The normalized spacial score (nSPS) is 23.4. The molecule has 7 nitrogen and oxygen atoms in total. The summed E-state index contributed by atoms with van der Waals surface area (Å²) in [5.41, 5.74) is 4.68. The van der Waals surface area contributed by atoms with Gasteiger partial charge in [-0.25, -0.2) is 9.59 Å². The molecule has 0 bridgehead atoms. The predicted octanol–water partition coefficient (Wildman–Crippen LogP) is 3.24. The Morgan fingerprint density at radius 3 is 2.34 bits per heavy atom. The first-order valence-corrected chi connectivity index (χ1v) is 11.2. The van der Waals surface area contributed by atoms with Gasteiger partial charge in [0.25, 0.3) is 0 Å². The number of carbonyl (C=O) groups is 3. The van der Waals surface area contributed by atoms with Crippen LogP contribution in [0, 0.1) is 11.8 Å². The highest BCUT2D eigenvalue weighted by atomic mass is 16.5. The molecular formula is C25H26N2O5. The van der Waals surface area contributed by atoms with Crippen LogP contribution in [0.25, 0.3) is 11.1 Å². The second kappa shape index (κ2) is 8.30. The molecule has 2 N–H and O–H groups in total. The van der Waals surface area contributed by atoms with Gasteiger partial charge in [0.2, 0.25) is 5.91 Å². The number of alkyl carbamates (subject to hydrolysis) is 1. The van der Waals surface area contributed by atoms with Gasteiger partial charge in [0.15, 0.2) is 0 Å². The molecular weight excluding hydrogens is 408 g/mol. The zero-order chi connectivity index (χ0) is 22.2. The number of aliphatic carboxylic acids is 1. The third-order valence-electron chi connectivity index (χ3n) is 6.91. The molecule has 0 unspecified atom stereocenters. The molecule has 2 aliphatic carbocycles. The lowest BCUT2D eigenvalue weighted by Crippen LogP contribution is -2.41. The minimum Gasteiger partial charge on any atom is -0.480 e. The molecule has 32 heavy (non-hydrogen) atoms. The molecule has 0 aromatic heterocycles. The Labute approximate surface area is 186 Å². The molecule has 1 saturated carbocycles. The molecule has 3 atom stereocenters. The molecule has 1 saturated heterocycles. The van der Waals surface area contributed by atoms with Crippen molar-refractivity contribution in [3.63, 3.8) is 0 Å². The fraction of sp³-hybridized carbons (Fsp3) is 0.400. The van der Waals surface area contributed by atoms with E-state index >= 15 is 0 Å². The van der Waals surface area contributed by atoms with Gasteiger partial charge in [-0.2, -0.15) is 0 Å². The number of benzene rings is 2. The molecule has 2 aromatic rings. The van der Waals surface area contributed by atoms with Gasteiger partial charge in [-0.3, -0.25) is 4.79 Å². The summed E-state index contributed by atoms with van der Waals surface area (Å²) >= 11 is 0. The molecule has 2 aromatic carbocycles. The van der Waals surface area contributed by atoms with Crippen LogP contribution in [-0.4, -0.2) is 53.7 Å². The van der Waals surface area contributed by atoms with Crippen molar-refractivity contribution in [3.8, 4) is 11.1 Å². The molecule has 7 heteroatoms. The summed E-state index contributed by atoms with van der Waals surface area (Å²) in [5.74, 6) is -1.20. The van der Waals surface area contributed by atoms with Crippen molar-refractivity contribution in [1.82, 2.24) is 10.2 Å². The third-order valence-corrected chi connectivity index (χ3v) is 6.91. The van der Waals surface area contributed by atoms with E-state index < -0.39 is 18.1 Å². The van der Waals surface area contributed by atoms with Crippen molar-refractivity contribution >= 4 is 18.0 Å². The van der Waals surface area contributed by atoms with Crippen molar-refractivity contribution < 1.29 is 24.2 Å². The van der Waals surface area contributed by atoms with Gasteiger partial charge in [0.05, 0.1) is 0 Å². The Balaban J connectivity index is 1.12. The number of carboxylic acid groups (broad SMARTS) is 1. The van der Waals surface area contributed by atoms with Crippen molar-refractivity contribution in [1.29, 1.82) is 0 Å². The average molecular weight is 434 g/mol. The van der Waals surface area contributed by atoms with Crippen LogP contribution in [0.1, 0.15) is 36.3 Å². The summed E-state index contributed by atoms with van der Waals surface area (Å²) in [7, 11) is 0. The number of carbonyl (C=O) groups excluding carboxylic acids is 2. The maximum atomic E-state index is 12.6. The monoisotopic (exact) mass is 434 g/mol. The van der Waals surface area contributed by atoms with Crippen LogP contribution in [0.5, 0.6) is 0 Å². The number of nitrogens with one attached hydrogen (secondary N) is 1. The summed E-state index contributed by atoms with van der Waals surface area (Å²) in [6.07, 6.45) is 1.41. The predicted molar refractivity (Wildman–Crippen MR) is 117 cm³/mol. The van der Waals surface area contributed by atoms with E-state index in [1.54, 1.807) is 0 Å². The van der Waals surface area contributed by atoms with Gasteiger partial charge >= 0.3 is 12.1 Å². The quantitative estimate of drug-likeness (QED) is 0.728. The van der Waals surface area contributed by atoms with Crippen LogP contribution in [0.3, 0.4) is 0 Å². The highest BCUT2D eigenvalue weighted by molar-refractivity contribution is 5.87. The number of hydrogen-bond acceptors (Lipinski definition) is 4. The zero-order valence-corrected chi connectivity index (χ0v) is 17.7. The fourth-order valence-electron chi connectivity index (χ4n) is 5.14. The second-order valence-corrected chi connectivity index (χ2v) is 8.84. The minimum atomic E-state index is -0.940. The topological polar surface area (TPSA) is 95.9 Å². The standard InChI is InChI=1S/C25H26N2O5/c28-23(27-11-5-10-22(27)24(29)30)20-12-15(20)13-26-25(31)32-14-21-18-8-3-1-6-16(18)17-7-2-4-9-19(17)21/h1-4,6-9,15,20-22H,5,10-14H2,(H,26,31)(H,29,30)/t15-,20-,22-/m0/s1. The zero-order valence-electron chi connectivity index (χ0n) is 17.7. The maximum Gasteiger partial charge on any atom is 0.407 e. The maximum absolute atomic E-state index is 12.6. The Kier molecular flexibility index (Phi) is 5.33. The Morgan fingerprint density at radius 1 is 1.03 bits per heavy atom. The van der Waals surface area contributed by atoms with Crippen LogP contribution in [0.15, 0.2) is 48.5 Å². The number of ether oxygens (including phenoxy) is 1. The van der Waals surface area contributed by atoms with Gasteiger partial charge < -0.3 is 20.1 Å². The first-order chi connectivity index (χ1) is 15.5. The number of carboxylic acids is 1. The SMILES string of the molecule is O=C(NC[C@@H]1C[C@@H]1C(=O)N1CCC[C@H]1C(=O)O)OCC1c2ccccc2-c2ccccc21. The van der Waals surface area contributed by atoms with Crippen molar-refractivity contribution in [3.05, 3.63) is 59.7 Å². The van der Waals surface area contributed by atoms with E-state index in [9.17, 15) is 19.5 Å². The van der Waals surface area contributed by atoms with Crippen LogP contribution in [-0.2, 0) is 14.3 Å². The molecule has 2 fully saturated rings. The second-order valence-electron chi connectivity index (χ2n) is 8.84. The molecule has 2 amide bonds. The van der Waals surface area contributed by atoms with Crippen molar-refractivity contribution in [2.75, 3.05) is 19.7 Å². The van der Waals surface area contributed by atoms with E-state index in [2.05, 4.69) is 29.6 Å². The summed E-state index contributed by atoms with van der Waals surface area (Å²) in [4.78, 5) is 37.8. The number of rotatable bonds is 6. The van der Waals surface area contributed by atoms with Gasteiger partial charge in [-0.1, -0.05) is 48.5 Å². The Morgan fingerprint density at radius 2 is 1.69 bits per heavy atom. The molecule has 166 valence electrons. The lowest BCUT2D eigenvalue weighted by atomic mass is 9.98. The van der Waals surface area contributed by atoms with Gasteiger partial charge in [0.1, 0.15) is 12.6 Å². The van der Waals surface area contributed by atoms with E-state index in [1.165, 1.54) is 16.0 Å². The highest BCUT2D eigenvalue weighted by Gasteiger charge is 2.48. The summed E-state index contributed by atoms with van der Waals surface area (Å²) in [6.45, 7) is 1.11. The van der Waals surface area contributed by atoms with E-state index in [1.807, 2.05) is 24.3 Å². The number of nitrogens with zero attached hydrogens (tertiary/aromatic N) is 1. The molecule has 1 aliphatic heterocycles. The summed E-state index contributed by atoms with van der Waals surface area (Å²) in [5, 5.41) is 12.1. The fourth-order valence-corrected chi connectivity index (χ4v) is 5.14. The number of amides is 2.